The molecule has 0 aromatic carbocycles. The third-order valence-corrected chi connectivity index (χ3v) is 6.02. The van der Waals surface area contributed by atoms with E-state index >= 15 is 0 Å². The van der Waals surface area contributed by atoms with Gasteiger partial charge in [-0.2, -0.15) is 5.26 Å². The molecule has 0 spiro atoms. The van der Waals surface area contributed by atoms with Gasteiger partial charge in [-0.1, -0.05) is 0 Å². The van der Waals surface area contributed by atoms with Gasteiger partial charge >= 0.3 is 0 Å². The maximum atomic E-state index is 12.8. The van der Waals surface area contributed by atoms with E-state index in [1.807, 2.05) is 50.4 Å². The van der Waals surface area contributed by atoms with Crippen molar-refractivity contribution in [3.63, 3.8) is 0 Å². The van der Waals surface area contributed by atoms with Gasteiger partial charge in [-0.05, 0) is 50.6 Å². The summed E-state index contributed by atoms with van der Waals surface area (Å²) in [4.78, 5) is 21.5. The first-order valence-corrected chi connectivity index (χ1v) is 10.8. The molecule has 0 bridgehead atoms. The van der Waals surface area contributed by atoms with Crippen LogP contribution in [0.2, 0.25) is 0 Å². The van der Waals surface area contributed by atoms with Crippen LogP contribution in [-0.4, -0.2) is 34.2 Å². The van der Waals surface area contributed by atoms with Gasteiger partial charge < -0.3 is 14.6 Å². The van der Waals surface area contributed by atoms with Gasteiger partial charge in [-0.3, -0.25) is 9.78 Å². The van der Waals surface area contributed by atoms with Gasteiger partial charge in [-0.25, -0.2) is 4.98 Å². The van der Waals surface area contributed by atoms with Crippen molar-refractivity contribution in [3.8, 4) is 17.3 Å². The van der Waals surface area contributed by atoms with Crippen LogP contribution >= 0.6 is 11.3 Å². The molecule has 3 rings (SSSR count). The summed E-state index contributed by atoms with van der Waals surface area (Å²) >= 11 is 1.46. The van der Waals surface area contributed by atoms with E-state index < -0.39 is 5.91 Å². The van der Waals surface area contributed by atoms with Crippen molar-refractivity contribution in [2.45, 2.75) is 33.4 Å². The molecule has 0 aliphatic heterocycles. The number of pyridine rings is 1. The van der Waals surface area contributed by atoms with Gasteiger partial charge in [0.25, 0.3) is 5.91 Å². The normalized spacial score (nSPS) is 12.4. The van der Waals surface area contributed by atoms with E-state index in [1.54, 1.807) is 25.6 Å². The topological polar surface area (TPSA) is 92.8 Å². The molecule has 160 valence electrons. The molecule has 31 heavy (non-hydrogen) atoms. The summed E-state index contributed by atoms with van der Waals surface area (Å²) in [5.74, 6) is -0.421. The van der Waals surface area contributed by atoms with Crippen molar-refractivity contribution in [1.29, 1.82) is 5.26 Å². The largest absolute Gasteiger partial charge is 0.383 e. The van der Waals surface area contributed by atoms with Gasteiger partial charge in [0.1, 0.15) is 16.6 Å². The summed E-state index contributed by atoms with van der Waals surface area (Å²) < 4.78 is 7.27. The van der Waals surface area contributed by atoms with Crippen LogP contribution in [0.4, 0.5) is 0 Å². The maximum absolute atomic E-state index is 12.8. The second kappa shape index (κ2) is 10.2. The summed E-state index contributed by atoms with van der Waals surface area (Å²) in [7, 11) is 1.66. The van der Waals surface area contributed by atoms with Crippen LogP contribution < -0.4 is 5.32 Å². The quantitative estimate of drug-likeness (QED) is 0.426. The fourth-order valence-corrected chi connectivity index (χ4v) is 4.11. The van der Waals surface area contributed by atoms with Gasteiger partial charge in [0, 0.05) is 48.4 Å². The zero-order chi connectivity index (χ0) is 22.4. The summed E-state index contributed by atoms with van der Waals surface area (Å²) in [5.41, 5.74) is 4.68. The molecule has 1 amide bonds. The van der Waals surface area contributed by atoms with E-state index in [4.69, 9.17) is 4.74 Å². The minimum atomic E-state index is -0.421. The molecule has 3 aromatic rings. The molecule has 0 saturated heterocycles. The summed E-state index contributed by atoms with van der Waals surface area (Å²) in [5, 5.41) is 15.2. The van der Waals surface area contributed by atoms with E-state index in [-0.39, 0.29) is 11.6 Å². The summed E-state index contributed by atoms with van der Waals surface area (Å²) in [6, 6.07) is 7.47. The number of nitriles is 1. The van der Waals surface area contributed by atoms with Crippen molar-refractivity contribution in [2.75, 3.05) is 13.7 Å². The highest BCUT2D eigenvalue weighted by atomic mass is 32.1. The van der Waals surface area contributed by atoms with E-state index in [9.17, 15) is 10.1 Å². The van der Waals surface area contributed by atoms with Crippen molar-refractivity contribution < 1.29 is 9.53 Å². The third kappa shape index (κ3) is 5.26. The Bertz CT molecular complexity index is 1120. The van der Waals surface area contributed by atoms with Crippen molar-refractivity contribution >= 4 is 23.3 Å². The number of aromatic nitrogens is 3. The molecule has 0 aliphatic carbocycles. The van der Waals surface area contributed by atoms with Crippen LogP contribution in [0.3, 0.4) is 0 Å². The predicted molar refractivity (Wildman–Crippen MR) is 121 cm³/mol. The fraction of sp³-hybridized carbons (Fsp3) is 0.304. The first-order valence-electron chi connectivity index (χ1n) is 9.88. The number of carbonyl (C=O) groups excluding carboxylic acids is 1. The summed E-state index contributed by atoms with van der Waals surface area (Å²) in [6.45, 7) is 7.14. The Labute approximate surface area is 186 Å². The van der Waals surface area contributed by atoms with Crippen molar-refractivity contribution in [3.05, 3.63) is 63.5 Å². The molecular formula is C23H25N5O2S. The first-order chi connectivity index (χ1) is 14.9. The second-order valence-corrected chi connectivity index (χ2v) is 8.04. The van der Waals surface area contributed by atoms with Gasteiger partial charge in [-0.15, -0.1) is 11.3 Å². The molecule has 0 radical (unpaired) electrons. The highest BCUT2D eigenvalue weighted by molar-refractivity contribution is 7.10. The molecule has 1 atom stereocenters. The number of carbonyl (C=O) groups is 1. The number of ether oxygens (including phenoxy) is 1. The maximum Gasteiger partial charge on any atom is 0.262 e. The standard InChI is InChI=1S/C23H25N5O2S/c1-15-10-19(17(3)28(15)8-9-30-4)11-20(12-24)22(29)26-16(2)23-27-21(14-31-23)18-6-5-7-25-13-18/h5-7,10-11,13-14,16H,8-9H2,1-4H3,(H,26,29). The number of hydrogen-bond acceptors (Lipinski definition) is 6. The Balaban J connectivity index is 1.74. The Kier molecular flexibility index (Phi) is 7.34. The number of methoxy groups -OCH3 is 1. The number of nitrogens with one attached hydrogen (secondary N) is 1. The van der Waals surface area contributed by atoms with E-state index in [0.717, 1.165) is 39.8 Å². The lowest BCUT2D eigenvalue weighted by atomic mass is 10.1. The number of amides is 1. The highest BCUT2D eigenvalue weighted by Crippen LogP contribution is 2.25. The minimum absolute atomic E-state index is 0.0582. The molecule has 3 heterocycles. The Morgan fingerprint density at radius 2 is 2.26 bits per heavy atom. The molecule has 0 saturated carbocycles. The summed E-state index contributed by atoms with van der Waals surface area (Å²) in [6.07, 6.45) is 5.10. The van der Waals surface area contributed by atoms with Crippen LogP contribution in [0.5, 0.6) is 0 Å². The molecule has 7 nitrogen and oxygen atoms in total. The molecule has 0 aliphatic rings. The van der Waals surface area contributed by atoms with Crippen LogP contribution in [0.25, 0.3) is 17.3 Å². The van der Waals surface area contributed by atoms with Gasteiger partial charge in [0.2, 0.25) is 0 Å². The monoisotopic (exact) mass is 435 g/mol. The Morgan fingerprint density at radius 1 is 1.45 bits per heavy atom. The average molecular weight is 436 g/mol. The Morgan fingerprint density at radius 3 is 2.94 bits per heavy atom. The number of thiazole rings is 1. The lowest BCUT2D eigenvalue weighted by molar-refractivity contribution is -0.117. The zero-order valence-corrected chi connectivity index (χ0v) is 18.9. The molecular weight excluding hydrogens is 410 g/mol. The fourth-order valence-electron chi connectivity index (χ4n) is 3.27. The smallest absolute Gasteiger partial charge is 0.262 e. The number of hydrogen-bond donors (Lipinski definition) is 1. The highest BCUT2D eigenvalue weighted by Gasteiger charge is 2.18. The SMILES string of the molecule is COCCn1c(C)cc(C=C(C#N)C(=O)NC(C)c2nc(-c3cccnc3)cs2)c1C. The zero-order valence-electron chi connectivity index (χ0n) is 18.0. The first kappa shape index (κ1) is 22.4. The van der Waals surface area contributed by atoms with Crippen LogP contribution in [0.15, 0.2) is 41.5 Å². The second-order valence-electron chi connectivity index (χ2n) is 7.15. The Hall–Kier alpha value is -3.28. The van der Waals surface area contributed by atoms with Crippen molar-refractivity contribution in [2.24, 2.45) is 0 Å². The third-order valence-electron chi connectivity index (χ3n) is 4.99. The average Bonchev–Trinajstić information content (AvgIpc) is 3.36. The molecule has 1 unspecified atom stereocenters. The van der Waals surface area contributed by atoms with Crippen molar-refractivity contribution in [1.82, 2.24) is 19.9 Å². The lowest BCUT2D eigenvalue weighted by Crippen LogP contribution is -2.27. The minimum Gasteiger partial charge on any atom is -0.383 e. The molecule has 0 fully saturated rings. The van der Waals surface area contributed by atoms with E-state index in [2.05, 4.69) is 19.9 Å². The number of aryl methyl sites for hydroxylation is 1. The number of rotatable bonds is 8. The van der Waals surface area contributed by atoms with E-state index in [1.165, 1.54) is 11.3 Å². The molecule has 3 aromatic heterocycles. The van der Waals surface area contributed by atoms with E-state index in [0.29, 0.717) is 6.61 Å². The number of nitrogens with zero attached hydrogens (tertiary/aromatic N) is 4. The lowest BCUT2D eigenvalue weighted by Gasteiger charge is -2.11. The van der Waals surface area contributed by atoms with Gasteiger partial charge in [0.05, 0.1) is 18.3 Å². The van der Waals surface area contributed by atoms with Crippen LogP contribution in [-0.2, 0) is 16.1 Å². The van der Waals surface area contributed by atoms with Gasteiger partial charge in [0.15, 0.2) is 0 Å². The molecule has 1 N–H and O–H groups in total. The van der Waals surface area contributed by atoms with Crippen LogP contribution in [0, 0.1) is 25.2 Å². The predicted octanol–water partition coefficient (Wildman–Crippen LogP) is 4.05. The molecule has 8 heteroatoms. The van der Waals surface area contributed by atoms with Crippen LogP contribution in [0.1, 0.15) is 34.9 Å².